The van der Waals surface area contributed by atoms with Gasteiger partial charge in [-0.3, -0.25) is 10.2 Å². The number of Topliss-reactive ketones (excluding diaryl/α,β-unsaturated/α-hetero) is 1. The van der Waals surface area contributed by atoms with Crippen LogP contribution in [0.25, 0.3) is 0 Å². The van der Waals surface area contributed by atoms with Gasteiger partial charge in [0.1, 0.15) is 0 Å². The molecule has 0 atom stereocenters. The first-order chi connectivity index (χ1) is 9.16. The summed E-state index contributed by atoms with van der Waals surface area (Å²) in [5.74, 6) is -0.150. The Morgan fingerprint density at radius 3 is 2.32 bits per heavy atom. The second-order valence-corrected chi connectivity index (χ2v) is 4.83. The Hall–Kier alpha value is -1.94. The fourth-order valence-corrected chi connectivity index (χ4v) is 1.82. The van der Waals surface area contributed by atoms with E-state index in [4.69, 9.17) is 0 Å². The van der Waals surface area contributed by atoms with Gasteiger partial charge in [0, 0.05) is 5.56 Å². The molecule has 2 aromatic carbocycles. The maximum absolute atomic E-state index is 12.1. The molecule has 2 rings (SSSR count). The molecule has 0 radical (unpaired) electrons. The fraction of sp³-hybridized carbons (Fsp3) is 0.0667. The van der Waals surface area contributed by atoms with E-state index in [2.05, 4.69) is 26.5 Å². The normalized spacial score (nSPS) is 11.2. The molecule has 0 spiro atoms. The molecule has 1 N–H and O–H groups in total. The van der Waals surface area contributed by atoms with Gasteiger partial charge in [-0.1, -0.05) is 48.0 Å². The van der Waals surface area contributed by atoms with Crippen LogP contribution in [-0.4, -0.2) is 10.4 Å². The molecule has 19 heavy (non-hydrogen) atoms. The smallest absolute Gasteiger partial charge is 0.220 e. The number of para-hydroxylation sites is 1. The van der Waals surface area contributed by atoms with E-state index in [1.165, 1.54) is 0 Å². The van der Waals surface area contributed by atoms with Gasteiger partial charge in [0.05, 0.1) is 5.69 Å². The molecule has 0 heterocycles. The lowest BCUT2D eigenvalue weighted by Gasteiger charge is -2.02. The Morgan fingerprint density at radius 2 is 1.68 bits per heavy atom. The average Bonchev–Trinajstić information content (AvgIpc) is 2.46. The van der Waals surface area contributed by atoms with Crippen molar-refractivity contribution in [2.24, 2.45) is 5.10 Å². The van der Waals surface area contributed by atoms with E-state index in [1.807, 2.05) is 49.4 Å². The van der Waals surface area contributed by atoms with Crippen LogP contribution in [0.15, 0.2) is 59.7 Å². The van der Waals surface area contributed by atoms with Gasteiger partial charge in [-0.05, 0) is 35.0 Å². The molecule has 2 aromatic rings. The molecule has 96 valence electrons. The van der Waals surface area contributed by atoms with Crippen molar-refractivity contribution < 1.29 is 4.79 Å². The number of nitrogens with one attached hydrogen (secondary N) is 1. The Labute approximate surface area is 120 Å². The molecule has 0 amide bonds. The predicted molar refractivity (Wildman–Crippen MR) is 81.9 cm³/mol. The zero-order chi connectivity index (χ0) is 13.7. The van der Waals surface area contributed by atoms with E-state index in [9.17, 15) is 4.79 Å². The topological polar surface area (TPSA) is 41.5 Å². The number of hydrogen-bond donors (Lipinski definition) is 1. The van der Waals surface area contributed by atoms with Crippen LogP contribution in [-0.2, 0) is 0 Å². The number of rotatable bonds is 4. The molecular weight excluding hydrogens is 304 g/mol. The van der Waals surface area contributed by atoms with E-state index in [-0.39, 0.29) is 10.4 Å². The highest BCUT2D eigenvalue weighted by Crippen LogP contribution is 2.09. The molecule has 4 heteroatoms. The van der Waals surface area contributed by atoms with E-state index in [1.54, 1.807) is 12.1 Å². The number of hydrogen-bond acceptors (Lipinski definition) is 3. The number of carbonyl (C=O) groups is 1. The molecule has 0 unspecified atom stereocenters. The highest BCUT2D eigenvalue weighted by atomic mass is 79.9. The van der Waals surface area contributed by atoms with Crippen LogP contribution in [0, 0.1) is 6.92 Å². The minimum absolute atomic E-state index is 0.150. The summed E-state index contributed by atoms with van der Waals surface area (Å²) in [4.78, 5) is 12.1. The number of nitrogens with zero attached hydrogens (tertiary/aromatic N) is 1. The van der Waals surface area contributed by atoms with Crippen LogP contribution < -0.4 is 5.43 Å². The van der Waals surface area contributed by atoms with Crippen LogP contribution in [0.1, 0.15) is 15.9 Å². The maximum Gasteiger partial charge on any atom is 0.220 e. The van der Waals surface area contributed by atoms with Crippen LogP contribution in [0.5, 0.6) is 0 Å². The Kier molecular flexibility index (Phi) is 4.47. The maximum atomic E-state index is 12.1. The zero-order valence-electron chi connectivity index (χ0n) is 10.4. The van der Waals surface area contributed by atoms with Crippen LogP contribution >= 0.6 is 15.9 Å². The lowest BCUT2D eigenvalue weighted by Crippen LogP contribution is -2.09. The predicted octanol–water partition coefficient (Wildman–Crippen LogP) is 4.00. The molecule has 0 aromatic heterocycles. The van der Waals surface area contributed by atoms with Gasteiger partial charge in [0.15, 0.2) is 4.62 Å². The van der Waals surface area contributed by atoms with Gasteiger partial charge < -0.3 is 0 Å². The highest BCUT2D eigenvalue weighted by molar-refractivity contribution is 9.19. The van der Waals surface area contributed by atoms with Gasteiger partial charge in [-0.2, -0.15) is 5.10 Å². The number of aryl methyl sites for hydroxylation is 1. The lowest BCUT2D eigenvalue weighted by molar-refractivity contribution is 0.106. The van der Waals surface area contributed by atoms with Gasteiger partial charge in [0.25, 0.3) is 0 Å². The number of anilines is 1. The SMILES string of the molecule is Cc1ccc(C(=O)/C(Br)=N\Nc2ccccc2)cc1. The minimum atomic E-state index is -0.150. The summed E-state index contributed by atoms with van der Waals surface area (Å²) in [5, 5.41) is 4.03. The quantitative estimate of drug-likeness (QED) is 0.526. The first-order valence-corrected chi connectivity index (χ1v) is 6.62. The first-order valence-electron chi connectivity index (χ1n) is 5.82. The van der Waals surface area contributed by atoms with Gasteiger partial charge in [-0.25, -0.2) is 0 Å². The second kappa shape index (κ2) is 6.29. The molecule has 0 saturated heterocycles. The fourth-order valence-electron chi connectivity index (χ4n) is 1.50. The molecule has 0 bridgehead atoms. The Morgan fingerprint density at radius 1 is 1.05 bits per heavy atom. The van der Waals surface area contributed by atoms with E-state index < -0.39 is 0 Å². The Bertz CT molecular complexity index is 591. The van der Waals surface area contributed by atoms with E-state index in [0.29, 0.717) is 5.56 Å². The third-order valence-electron chi connectivity index (χ3n) is 2.56. The van der Waals surface area contributed by atoms with E-state index >= 15 is 0 Å². The highest BCUT2D eigenvalue weighted by Gasteiger charge is 2.10. The molecule has 0 aliphatic carbocycles. The summed E-state index contributed by atoms with van der Waals surface area (Å²) in [6.45, 7) is 1.98. The molecular formula is C15H13BrN2O. The molecule has 3 nitrogen and oxygen atoms in total. The van der Waals surface area contributed by atoms with Crippen molar-refractivity contribution in [1.29, 1.82) is 0 Å². The van der Waals surface area contributed by atoms with Crippen molar-refractivity contribution in [3.05, 3.63) is 65.7 Å². The number of hydrazone groups is 1. The van der Waals surface area contributed by atoms with Gasteiger partial charge in [-0.15, -0.1) is 0 Å². The lowest BCUT2D eigenvalue weighted by atomic mass is 10.1. The largest absolute Gasteiger partial charge is 0.286 e. The average molecular weight is 317 g/mol. The summed E-state index contributed by atoms with van der Waals surface area (Å²) in [6, 6.07) is 16.8. The van der Waals surface area contributed by atoms with Crippen molar-refractivity contribution in [3.8, 4) is 0 Å². The molecule has 0 saturated carbocycles. The van der Waals surface area contributed by atoms with E-state index in [0.717, 1.165) is 11.3 Å². The zero-order valence-corrected chi connectivity index (χ0v) is 12.0. The van der Waals surface area contributed by atoms with Gasteiger partial charge in [0.2, 0.25) is 5.78 Å². The monoisotopic (exact) mass is 316 g/mol. The summed E-state index contributed by atoms with van der Waals surface area (Å²) >= 11 is 3.19. The van der Waals surface area contributed by atoms with Crippen molar-refractivity contribution >= 4 is 32.0 Å². The number of halogens is 1. The second-order valence-electron chi connectivity index (χ2n) is 4.08. The standard InChI is InChI=1S/C15H13BrN2O/c1-11-7-9-12(10-8-11)14(19)15(16)18-17-13-5-3-2-4-6-13/h2-10,17H,1H3/b18-15+. The van der Waals surface area contributed by atoms with Gasteiger partial charge >= 0.3 is 0 Å². The molecule has 0 fully saturated rings. The molecule has 0 aliphatic rings. The first kappa shape index (κ1) is 13.5. The third-order valence-corrected chi connectivity index (χ3v) is 3.10. The van der Waals surface area contributed by atoms with Crippen LogP contribution in [0.4, 0.5) is 5.69 Å². The van der Waals surface area contributed by atoms with Crippen molar-refractivity contribution in [2.75, 3.05) is 5.43 Å². The van der Waals surface area contributed by atoms with Crippen LogP contribution in [0.2, 0.25) is 0 Å². The van der Waals surface area contributed by atoms with Crippen LogP contribution in [0.3, 0.4) is 0 Å². The van der Waals surface area contributed by atoms with Crippen molar-refractivity contribution in [2.45, 2.75) is 6.92 Å². The number of benzene rings is 2. The Balaban J connectivity index is 2.08. The minimum Gasteiger partial charge on any atom is -0.286 e. The van der Waals surface area contributed by atoms with Crippen molar-refractivity contribution in [3.63, 3.8) is 0 Å². The summed E-state index contributed by atoms with van der Waals surface area (Å²) in [7, 11) is 0. The van der Waals surface area contributed by atoms with Crippen molar-refractivity contribution in [1.82, 2.24) is 0 Å². The third kappa shape index (κ3) is 3.76. The summed E-state index contributed by atoms with van der Waals surface area (Å²) in [6.07, 6.45) is 0. The number of carbonyl (C=O) groups excluding carboxylic acids is 1. The number of ketones is 1. The summed E-state index contributed by atoms with van der Waals surface area (Å²) < 4.78 is 0.250. The summed E-state index contributed by atoms with van der Waals surface area (Å²) in [5.41, 5.74) is 5.38. The molecule has 0 aliphatic heterocycles.